The van der Waals surface area contributed by atoms with Gasteiger partial charge in [0.2, 0.25) is 9.05 Å². The second-order valence-electron chi connectivity index (χ2n) is 3.57. The lowest BCUT2D eigenvalue weighted by Gasteiger charge is -2.18. The molecule has 0 bridgehead atoms. The molecule has 1 rings (SSSR count). The Morgan fingerprint density at radius 1 is 1.41 bits per heavy atom. The maximum absolute atomic E-state index is 13.4. The summed E-state index contributed by atoms with van der Waals surface area (Å²) >= 11 is 0. The minimum absolute atomic E-state index is 0.0599. The monoisotopic (exact) mass is 284 g/mol. The standard InChI is InChI=1S/C10H11ClF2O3S/c1-10(12,13)9-7(6-17(11,14)15)4-3-5-8(9)16-2/h3-5H,6H2,1-2H3. The highest BCUT2D eigenvalue weighted by Crippen LogP contribution is 2.37. The number of ether oxygens (including phenoxy) is 1. The summed E-state index contributed by atoms with van der Waals surface area (Å²) in [6.45, 7) is 0.676. The number of alkyl halides is 2. The Hall–Kier alpha value is -0.880. The topological polar surface area (TPSA) is 43.4 Å². The predicted octanol–water partition coefficient (Wildman–Crippen LogP) is 2.88. The Morgan fingerprint density at radius 2 is 2.00 bits per heavy atom. The van der Waals surface area contributed by atoms with E-state index in [0.717, 1.165) is 0 Å². The third kappa shape index (κ3) is 3.81. The number of hydrogen-bond donors (Lipinski definition) is 0. The molecule has 0 aliphatic heterocycles. The van der Waals surface area contributed by atoms with Gasteiger partial charge in [0.15, 0.2) is 0 Å². The zero-order valence-electron chi connectivity index (χ0n) is 9.21. The van der Waals surface area contributed by atoms with Gasteiger partial charge < -0.3 is 4.74 Å². The molecule has 7 heteroatoms. The Balaban J connectivity index is 3.40. The van der Waals surface area contributed by atoms with E-state index in [-0.39, 0.29) is 11.3 Å². The van der Waals surface area contributed by atoms with E-state index >= 15 is 0 Å². The lowest BCUT2D eigenvalue weighted by Crippen LogP contribution is -2.14. The summed E-state index contributed by atoms with van der Waals surface area (Å²) in [6.07, 6.45) is 0. The van der Waals surface area contributed by atoms with E-state index in [4.69, 9.17) is 15.4 Å². The molecule has 0 spiro atoms. The van der Waals surface area contributed by atoms with Gasteiger partial charge in [-0.15, -0.1) is 0 Å². The van der Waals surface area contributed by atoms with Gasteiger partial charge in [0.05, 0.1) is 18.4 Å². The molecule has 96 valence electrons. The van der Waals surface area contributed by atoms with Crippen LogP contribution in [0.1, 0.15) is 18.1 Å². The second kappa shape index (κ2) is 4.78. The van der Waals surface area contributed by atoms with E-state index < -0.39 is 26.3 Å². The van der Waals surface area contributed by atoms with Crippen molar-refractivity contribution >= 4 is 19.7 Å². The van der Waals surface area contributed by atoms with Crippen molar-refractivity contribution in [3.8, 4) is 5.75 Å². The fourth-order valence-electron chi connectivity index (χ4n) is 1.55. The Morgan fingerprint density at radius 3 is 2.41 bits per heavy atom. The highest BCUT2D eigenvalue weighted by atomic mass is 35.7. The van der Waals surface area contributed by atoms with Crippen LogP contribution in [-0.4, -0.2) is 15.5 Å². The lowest BCUT2D eigenvalue weighted by molar-refractivity contribution is 0.0143. The average molecular weight is 285 g/mol. The first-order chi connectivity index (χ1) is 7.65. The van der Waals surface area contributed by atoms with Gasteiger partial charge in [0, 0.05) is 17.6 Å². The van der Waals surface area contributed by atoms with Crippen molar-refractivity contribution in [3.63, 3.8) is 0 Å². The SMILES string of the molecule is COc1cccc(CS(=O)(=O)Cl)c1C(C)(F)F. The number of halogens is 3. The quantitative estimate of drug-likeness (QED) is 0.799. The molecule has 3 nitrogen and oxygen atoms in total. The fourth-order valence-corrected chi connectivity index (χ4v) is 2.52. The van der Waals surface area contributed by atoms with Crippen LogP contribution >= 0.6 is 10.7 Å². The molecular weight excluding hydrogens is 274 g/mol. The molecule has 0 atom stereocenters. The van der Waals surface area contributed by atoms with E-state index in [1.807, 2.05) is 0 Å². The van der Waals surface area contributed by atoms with E-state index in [0.29, 0.717) is 6.92 Å². The summed E-state index contributed by atoms with van der Waals surface area (Å²) < 4.78 is 53.6. The number of rotatable bonds is 4. The van der Waals surface area contributed by atoms with Crippen molar-refractivity contribution in [2.45, 2.75) is 18.6 Å². The van der Waals surface area contributed by atoms with E-state index in [1.165, 1.54) is 25.3 Å². The molecule has 0 radical (unpaired) electrons. The summed E-state index contributed by atoms with van der Waals surface area (Å²) in [7, 11) is 2.41. The van der Waals surface area contributed by atoms with Gasteiger partial charge in [0.1, 0.15) is 5.75 Å². The smallest absolute Gasteiger partial charge is 0.274 e. The molecule has 0 saturated heterocycles. The van der Waals surface area contributed by atoms with E-state index in [9.17, 15) is 17.2 Å². The molecule has 0 N–H and O–H groups in total. The Labute approximate surface area is 103 Å². The normalized spacial score (nSPS) is 12.5. The van der Waals surface area contributed by atoms with Crippen LogP contribution in [0.25, 0.3) is 0 Å². The van der Waals surface area contributed by atoms with Gasteiger partial charge in [0.25, 0.3) is 5.92 Å². The molecule has 0 heterocycles. The van der Waals surface area contributed by atoms with Crippen molar-refractivity contribution in [2.75, 3.05) is 7.11 Å². The van der Waals surface area contributed by atoms with Crippen LogP contribution < -0.4 is 4.74 Å². The third-order valence-electron chi connectivity index (χ3n) is 2.10. The molecule has 17 heavy (non-hydrogen) atoms. The Kier molecular flexibility index (Phi) is 3.99. The minimum atomic E-state index is -3.90. The largest absolute Gasteiger partial charge is 0.496 e. The van der Waals surface area contributed by atoms with Crippen molar-refractivity contribution in [3.05, 3.63) is 29.3 Å². The fraction of sp³-hybridized carbons (Fsp3) is 0.400. The average Bonchev–Trinajstić information content (AvgIpc) is 2.12. The van der Waals surface area contributed by atoms with Gasteiger partial charge in [-0.2, -0.15) is 0 Å². The number of hydrogen-bond acceptors (Lipinski definition) is 3. The van der Waals surface area contributed by atoms with Gasteiger partial charge in [-0.1, -0.05) is 12.1 Å². The van der Waals surface area contributed by atoms with E-state index in [2.05, 4.69) is 0 Å². The van der Waals surface area contributed by atoms with Gasteiger partial charge in [-0.3, -0.25) is 0 Å². The first kappa shape index (κ1) is 14.2. The molecular formula is C10H11ClF2O3S. The van der Waals surface area contributed by atoms with Crippen molar-refractivity contribution in [2.24, 2.45) is 0 Å². The molecule has 0 aliphatic rings. The molecule has 0 unspecified atom stereocenters. The third-order valence-corrected chi connectivity index (χ3v) is 3.08. The first-order valence-electron chi connectivity index (χ1n) is 4.61. The molecule has 0 aliphatic carbocycles. The lowest BCUT2D eigenvalue weighted by atomic mass is 10.0. The molecule has 0 fully saturated rings. The summed E-state index contributed by atoms with van der Waals surface area (Å²) in [4.78, 5) is 0. The summed E-state index contributed by atoms with van der Waals surface area (Å²) in [5, 5.41) is 0. The summed E-state index contributed by atoms with van der Waals surface area (Å²) in [6, 6.07) is 4.07. The number of benzene rings is 1. The number of methoxy groups -OCH3 is 1. The molecule has 1 aromatic carbocycles. The highest BCUT2D eigenvalue weighted by Gasteiger charge is 2.32. The maximum Gasteiger partial charge on any atom is 0.274 e. The summed E-state index contributed by atoms with van der Waals surface area (Å²) in [5.74, 6) is -3.93. The summed E-state index contributed by atoms with van der Waals surface area (Å²) in [5.41, 5.74) is -0.515. The molecule has 0 aromatic heterocycles. The first-order valence-corrected chi connectivity index (χ1v) is 7.09. The molecule has 0 amide bonds. The highest BCUT2D eigenvalue weighted by molar-refractivity contribution is 8.13. The van der Waals surface area contributed by atoms with Crippen LogP contribution in [-0.2, 0) is 20.7 Å². The predicted molar refractivity (Wildman–Crippen MR) is 61.0 cm³/mol. The van der Waals surface area contributed by atoms with Gasteiger partial charge in [-0.25, -0.2) is 17.2 Å². The van der Waals surface area contributed by atoms with Crippen LogP contribution in [0.5, 0.6) is 5.75 Å². The van der Waals surface area contributed by atoms with Crippen LogP contribution in [0.2, 0.25) is 0 Å². The zero-order chi connectivity index (χ0) is 13.3. The van der Waals surface area contributed by atoms with Crippen molar-refractivity contribution < 1.29 is 21.9 Å². The Bertz CT molecular complexity index is 509. The van der Waals surface area contributed by atoms with Gasteiger partial charge >= 0.3 is 0 Å². The van der Waals surface area contributed by atoms with Crippen LogP contribution in [0.3, 0.4) is 0 Å². The van der Waals surface area contributed by atoms with Gasteiger partial charge in [-0.05, 0) is 11.6 Å². The molecule has 0 saturated carbocycles. The van der Waals surface area contributed by atoms with Crippen LogP contribution in [0, 0.1) is 0 Å². The zero-order valence-corrected chi connectivity index (χ0v) is 10.8. The van der Waals surface area contributed by atoms with Crippen molar-refractivity contribution in [1.29, 1.82) is 0 Å². The van der Waals surface area contributed by atoms with Crippen LogP contribution in [0.4, 0.5) is 8.78 Å². The maximum atomic E-state index is 13.4. The molecule has 1 aromatic rings. The van der Waals surface area contributed by atoms with Crippen molar-refractivity contribution in [1.82, 2.24) is 0 Å². The van der Waals surface area contributed by atoms with E-state index in [1.54, 1.807) is 0 Å². The van der Waals surface area contributed by atoms with Crippen LogP contribution in [0.15, 0.2) is 18.2 Å². The minimum Gasteiger partial charge on any atom is -0.496 e. The second-order valence-corrected chi connectivity index (χ2v) is 6.34.